The molecule has 0 bridgehead atoms. The van der Waals surface area contributed by atoms with E-state index in [0.717, 1.165) is 23.7 Å². The van der Waals surface area contributed by atoms with Crippen molar-refractivity contribution in [3.8, 4) is 0 Å². The van der Waals surface area contributed by atoms with Gasteiger partial charge in [-0.1, -0.05) is 0 Å². The van der Waals surface area contributed by atoms with Crippen LogP contribution in [0.4, 0.5) is 5.69 Å². The SMILES string of the molecule is CC1(NC(=O)c2c[nH]c3cc(N)ccc23)CCC1. The van der Waals surface area contributed by atoms with Crippen molar-refractivity contribution in [2.24, 2.45) is 0 Å². The molecule has 4 nitrogen and oxygen atoms in total. The van der Waals surface area contributed by atoms with Gasteiger partial charge in [-0.05, 0) is 44.4 Å². The number of hydrogen-bond donors (Lipinski definition) is 3. The summed E-state index contributed by atoms with van der Waals surface area (Å²) in [4.78, 5) is 15.3. The Hall–Kier alpha value is -1.97. The summed E-state index contributed by atoms with van der Waals surface area (Å²) in [5.74, 6) is -0.00628. The Labute approximate surface area is 106 Å². The molecule has 0 spiro atoms. The maximum atomic E-state index is 12.3. The molecule has 0 atom stereocenters. The molecule has 1 aliphatic rings. The Kier molecular flexibility index (Phi) is 2.33. The molecule has 1 amide bonds. The monoisotopic (exact) mass is 243 g/mol. The van der Waals surface area contributed by atoms with E-state index in [1.165, 1.54) is 6.42 Å². The van der Waals surface area contributed by atoms with Crippen LogP contribution in [0.5, 0.6) is 0 Å². The summed E-state index contributed by atoms with van der Waals surface area (Å²) in [6.45, 7) is 2.10. The third-order valence-electron chi connectivity index (χ3n) is 3.82. The van der Waals surface area contributed by atoms with Crippen LogP contribution in [0.25, 0.3) is 10.9 Å². The van der Waals surface area contributed by atoms with Crippen molar-refractivity contribution >= 4 is 22.5 Å². The molecule has 2 aromatic rings. The second kappa shape index (κ2) is 3.77. The molecule has 1 aromatic carbocycles. The second-order valence-electron chi connectivity index (χ2n) is 5.38. The quantitative estimate of drug-likeness (QED) is 0.709. The van der Waals surface area contributed by atoms with E-state index in [1.54, 1.807) is 6.20 Å². The maximum Gasteiger partial charge on any atom is 0.253 e. The van der Waals surface area contributed by atoms with Gasteiger partial charge >= 0.3 is 0 Å². The van der Waals surface area contributed by atoms with Crippen LogP contribution in [-0.4, -0.2) is 16.4 Å². The predicted octanol–water partition coefficient (Wildman–Crippen LogP) is 2.42. The summed E-state index contributed by atoms with van der Waals surface area (Å²) >= 11 is 0. The molecule has 1 aliphatic carbocycles. The molecular formula is C14H17N3O. The van der Waals surface area contributed by atoms with Crippen molar-refractivity contribution in [1.29, 1.82) is 0 Å². The minimum absolute atomic E-state index is 0.00628. The molecule has 1 heterocycles. The van der Waals surface area contributed by atoms with Gasteiger partial charge in [-0.3, -0.25) is 4.79 Å². The number of carbonyl (C=O) groups is 1. The summed E-state index contributed by atoms with van der Waals surface area (Å²) < 4.78 is 0. The van der Waals surface area contributed by atoms with Gasteiger partial charge in [0.25, 0.3) is 5.91 Å². The molecule has 0 unspecified atom stereocenters. The second-order valence-corrected chi connectivity index (χ2v) is 5.38. The number of benzene rings is 1. The number of rotatable bonds is 2. The summed E-state index contributed by atoms with van der Waals surface area (Å²) in [5, 5.41) is 4.03. The predicted molar refractivity (Wildman–Crippen MR) is 72.4 cm³/mol. The van der Waals surface area contributed by atoms with Crippen LogP contribution in [0.3, 0.4) is 0 Å². The highest BCUT2D eigenvalue weighted by Crippen LogP contribution is 2.31. The molecule has 4 N–H and O–H groups in total. The zero-order valence-electron chi connectivity index (χ0n) is 10.4. The first-order valence-corrected chi connectivity index (χ1v) is 6.27. The fourth-order valence-electron chi connectivity index (χ4n) is 2.51. The molecule has 0 radical (unpaired) electrons. The van der Waals surface area contributed by atoms with Crippen LogP contribution in [0.2, 0.25) is 0 Å². The minimum atomic E-state index is -0.0194. The van der Waals surface area contributed by atoms with Crippen molar-refractivity contribution in [2.45, 2.75) is 31.7 Å². The molecular weight excluding hydrogens is 226 g/mol. The highest BCUT2D eigenvalue weighted by atomic mass is 16.1. The van der Waals surface area contributed by atoms with Gasteiger partial charge in [0.05, 0.1) is 5.56 Å². The number of anilines is 1. The fourth-order valence-corrected chi connectivity index (χ4v) is 2.51. The topological polar surface area (TPSA) is 70.9 Å². The Morgan fingerprint density at radius 3 is 2.89 bits per heavy atom. The molecule has 1 aromatic heterocycles. The molecule has 18 heavy (non-hydrogen) atoms. The van der Waals surface area contributed by atoms with E-state index < -0.39 is 0 Å². The van der Waals surface area contributed by atoms with E-state index in [1.807, 2.05) is 18.2 Å². The van der Waals surface area contributed by atoms with Gasteiger partial charge in [0.1, 0.15) is 0 Å². The lowest BCUT2D eigenvalue weighted by Crippen LogP contribution is -2.50. The number of carbonyl (C=O) groups excluding carboxylic acids is 1. The average molecular weight is 243 g/mol. The summed E-state index contributed by atoms with van der Waals surface area (Å²) in [7, 11) is 0. The molecule has 4 heteroatoms. The molecule has 1 saturated carbocycles. The van der Waals surface area contributed by atoms with Crippen LogP contribution in [0.15, 0.2) is 24.4 Å². The number of aromatic amines is 1. The van der Waals surface area contributed by atoms with Gasteiger partial charge in [0, 0.05) is 28.3 Å². The van der Waals surface area contributed by atoms with Crippen molar-refractivity contribution in [2.75, 3.05) is 5.73 Å². The summed E-state index contributed by atoms with van der Waals surface area (Å²) in [6, 6.07) is 5.55. The number of H-pyrrole nitrogens is 1. The minimum Gasteiger partial charge on any atom is -0.399 e. The molecule has 94 valence electrons. The van der Waals surface area contributed by atoms with Crippen molar-refractivity contribution in [3.05, 3.63) is 30.0 Å². The summed E-state index contributed by atoms with van der Waals surface area (Å²) in [6.07, 6.45) is 5.07. The number of aromatic nitrogens is 1. The number of nitrogens with one attached hydrogen (secondary N) is 2. The lowest BCUT2D eigenvalue weighted by atomic mass is 9.78. The Morgan fingerprint density at radius 2 is 2.22 bits per heavy atom. The van der Waals surface area contributed by atoms with Crippen LogP contribution in [0.1, 0.15) is 36.5 Å². The average Bonchev–Trinajstić information content (AvgIpc) is 2.69. The Bertz CT molecular complexity index is 611. The lowest BCUT2D eigenvalue weighted by Gasteiger charge is -2.39. The van der Waals surface area contributed by atoms with Crippen molar-refractivity contribution in [1.82, 2.24) is 10.3 Å². The van der Waals surface area contributed by atoms with Gasteiger partial charge in [-0.25, -0.2) is 0 Å². The molecule has 3 rings (SSSR count). The number of nitrogens with two attached hydrogens (primary N) is 1. The number of amides is 1. The van der Waals surface area contributed by atoms with Crippen molar-refractivity contribution in [3.63, 3.8) is 0 Å². The molecule has 1 fully saturated rings. The van der Waals surface area contributed by atoms with Crippen molar-refractivity contribution < 1.29 is 4.79 Å². The third kappa shape index (κ3) is 1.74. The Morgan fingerprint density at radius 1 is 1.44 bits per heavy atom. The largest absolute Gasteiger partial charge is 0.399 e. The van der Waals surface area contributed by atoms with Crippen LogP contribution >= 0.6 is 0 Å². The van der Waals surface area contributed by atoms with E-state index in [2.05, 4.69) is 17.2 Å². The zero-order valence-corrected chi connectivity index (χ0v) is 10.4. The summed E-state index contributed by atoms with van der Waals surface area (Å²) in [5.41, 5.74) is 7.99. The maximum absolute atomic E-state index is 12.3. The zero-order chi connectivity index (χ0) is 12.8. The van der Waals surface area contributed by atoms with E-state index in [9.17, 15) is 4.79 Å². The number of fused-ring (bicyclic) bond motifs is 1. The van der Waals surface area contributed by atoms with Crippen LogP contribution in [0, 0.1) is 0 Å². The van der Waals surface area contributed by atoms with E-state index >= 15 is 0 Å². The molecule has 0 aliphatic heterocycles. The number of hydrogen-bond acceptors (Lipinski definition) is 2. The van der Waals surface area contributed by atoms with Gasteiger partial charge in [-0.15, -0.1) is 0 Å². The third-order valence-corrected chi connectivity index (χ3v) is 3.82. The fraction of sp³-hybridized carbons (Fsp3) is 0.357. The normalized spacial score (nSPS) is 17.4. The first kappa shape index (κ1) is 11.1. The number of nitrogen functional groups attached to an aromatic ring is 1. The lowest BCUT2D eigenvalue weighted by molar-refractivity contribution is 0.0852. The first-order chi connectivity index (χ1) is 8.57. The van der Waals surface area contributed by atoms with Gasteiger partial charge in [-0.2, -0.15) is 0 Å². The highest BCUT2D eigenvalue weighted by Gasteiger charge is 2.33. The Balaban J connectivity index is 1.92. The first-order valence-electron chi connectivity index (χ1n) is 6.27. The highest BCUT2D eigenvalue weighted by molar-refractivity contribution is 6.07. The van der Waals surface area contributed by atoms with Gasteiger partial charge in [0.15, 0.2) is 0 Å². The standard InChI is InChI=1S/C14H17N3O/c1-14(5-2-6-14)17-13(18)11-8-16-12-7-9(15)3-4-10(11)12/h3-4,7-8,16H,2,5-6,15H2,1H3,(H,17,18). The van der Waals surface area contributed by atoms with Crippen LogP contribution in [-0.2, 0) is 0 Å². The van der Waals surface area contributed by atoms with E-state index in [4.69, 9.17) is 5.73 Å². The smallest absolute Gasteiger partial charge is 0.253 e. The van der Waals surface area contributed by atoms with Gasteiger partial charge < -0.3 is 16.0 Å². The van der Waals surface area contributed by atoms with Gasteiger partial charge in [0.2, 0.25) is 0 Å². The van der Waals surface area contributed by atoms with Crippen LogP contribution < -0.4 is 11.1 Å². The van der Waals surface area contributed by atoms with E-state index in [0.29, 0.717) is 11.3 Å². The molecule has 0 saturated heterocycles. The van der Waals surface area contributed by atoms with E-state index in [-0.39, 0.29) is 11.4 Å².